The Bertz CT molecular complexity index is 812. The van der Waals surface area contributed by atoms with Crippen molar-refractivity contribution in [2.45, 2.75) is 36.9 Å². The number of hydrogen-bond donors (Lipinski definition) is 0. The number of nitrogens with zero attached hydrogens (tertiary/aromatic N) is 1. The third-order valence-corrected chi connectivity index (χ3v) is 6.78. The average molecular weight is 441 g/mol. The van der Waals surface area contributed by atoms with Gasteiger partial charge in [0.05, 0.1) is 19.8 Å². The highest BCUT2D eigenvalue weighted by atomic mass is 32.2. The third kappa shape index (κ3) is 6.11. The number of halogens is 5. The maximum Gasteiger partial charge on any atom is 0.401 e. The van der Waals surface area contributed by atoms with E-state index in [0.29, 0.717) is 37.5 Å². The topological polar surface area (TPSA) is 46.6 Å². The summed E-state index contributed by atoms with van der Waals surface area (Å²) in [7, 11) is -4.00. The fraction of sp³-hybridized carbons (Fsp3) is 0.684. The Kier molecular flexibility index (Phi) is 6.55. The van der Waals surface area contributed by atoms with Crippen molar-refractivity contribution in [2.75, 3.05) is 32.5 Å². The molecule has 1 aliphatic heterocycles. The lowest BCUT2D eigenvalue weighted by Crippen LogP contribution is -2.40. The van der Waals surface area contributed by atoms with E-state index in [1.54, 1.807) is 0 Å². The average Bonchev–Trinajstić information content (AvgIpc) is 3.31. The second-order valence-electron chi connectivity index (χ2n) is 8.06. The second-order valence-corrected chi connectivity index (χ2v) is 10.0. The Balaban J connectivity index is 1.42. The van der Waals surface area contributed by atoms with Crippen LogP contribution in [0.3, 0.4) is 0 Å². The van der Waals surface area contributed by atoms with E-state index in [1.165, 1.54) is 4.90 Å². The van der Waals surface area contributed by atoms with Gasteiger partial charge in [0.15, 0.2) is 9.84 Å². The van der Waals surface area contributed by atoms with Gasteiger partial charge in [0, 0.05) is 6.26 Å². The molecular formula is C19H24F5NO3S. The molecule has 0 aromatic heterocycles. The molecule has 1 aromatic carbocycles. The standard InChI is InChI=1S/C19H24F5NO3S/c1-29(26,27)18-16(20)6-12(7-17(18)21)9-28-10-14-8-15(14)13-2-4-25(5-3-13)11-19(22,23)24/h6-7,13-15H,2-5,8-11H2,1H3/t14-,15+/m0/s1. The fourth-order valence-corrected chi connectivity index (χ4v) is 5.04. The van der Waals surface area contributed by atoms with Gasteiger partial charge in [0.1, 0.15) is 16.5 Å². The first-order chi connectivity index (χ1) is 13.4. The van der Waals surface area contributed by atoms with Crippen molar-refractivity contribution in [3.8, 4) is 0 Å². The molecule has 29 heavy (non-hydrogen) atoms. The number of ether oxygens (including phenoxy) is 1. The van der Waals surface area contributed by atoms with Gasteiger partial charge >= 0.3 is 6.18 Å². The number of piperidine rings is 1. The Morgan fingerprint density at radius 1 is 1.14 bits per heavy atom. The smallest absolute Gasteiger partial charge is 0.376 e. The molecule has 1 aliphatic carbocycles. The largest absolute Gasteiger partial charge is 0.401 e. The highest BCUT2D eigenvalue weighted by Crippen LogP contribution is 2.48. The fourth-order valence-electron chi connectivity index (χ4n) is 4.21. The first-order valence-electron chi connectivity index (χ1n) is 9.49. The number of likely N-dealkylation sites (tertiary alicyclic amines) is 1. The van der Waals surface area contributed by atoms with Gasteiger partial charge in [-0.3, -0.25) is 4.90 Å². The molecule has 0 amide bonds. The van der Waals surface area contributed by atoms with Gasteiger partial charge in [-0.2, -0.15) is 13.2 Å². The lowest BCUT2D eigenvalue weighted by molar-refractivity contribution is -0.148. The predicted octanol–water partition coefficient (Wildman–Crippen LogP) is 3.80. The van der Waals surface area contributed by atoms with Crippen molar-refractivity contribution < 1.29 is 35.1 Å². The van der Waals surface area contributed by atoms with Crippen molar-refractivity contribution in [3.63, 3.8) is 0 Å². The van der Waals surface area contributed by atoms with Crippen molar-refractivity contribution >= 4 is 9.84 Å². The van der Waals surface area contributed by atoms with Crippen LogP contribution < -0.4 is 0 Å². The summed E-state index contributed by atoms with van der Waals surface area (Å²) in [5.74, 6) is -1.16. The highest BCUT2D eigenvalue weighted by molar-refractivity contribution is 7.90. The highest BCUT2D eigenvalue weighted by Gasteiger charge is 2.44. The summed E-state index contributed by atoms with van der Waals surface area (Å²) >= 11 is 0. The molecule has 4 nitrogen and oxygen atoms in total. The maximum atomic E-state index is 13.9. The minimum absolute atomic E-state index is 0.0366. The molecule has 1 aromatic rings. The van der Waals surface area contributed by atoms with E-state index in [1.807, 2.05) is 0 Å². The molecule has 1 heterocycles. The molecule has 10 heteroatoms. The van der Waals surface area contributed by atoms with E-state index in [4.69, 9.17) is 4.74 Å². The minimum Gasteiger partial charge on any atom is -0.376 e. The Morgan fingerprint density at radius 2 is 1.72 bits per heavy atom. The zero-order valence-corrected chi connectivity index (χ0v) is 16.8. The van der Waals surface area contributed by atoms with Crippen molar-refractivity contribution in [2.24, 2.45) is 17.8 Å². The van der Waals surface area contributed by atoms with E-state index in [0.717, 1.165) is 37.7 Å². The predicted molar refractivity (Wildman–Crippen MR) is 95.9 cm³/mol. The van der Waals surface area contributed by atoms with E-state index in [2.05, 4.69) is 0 Å². The quantitative estimate of drug-likeness (QED) is 0.604. The summed E-state index contributed by atoms with van der Waals surface area (Å²) in [6.45, 7) is 0.400. The zero-order valence-electron chi connectivity index (χ0n) is 16.0. The SMILES string of the molecule is CS(=O)(=O)c1c(F)cc(COC[C@@H]2C[C@@H]2C2CCN(CC(F)(F)F)CC2)cc1F. The summed E-state index contributed by atoms with van der Waals surface area (Å²) in [6.07, 6.45) is -1.01. The van der Waals surface area contributed by atoms with Gasteiger partial charge in [-0.1, -0.05) is 0 Å². The number of rotatable bonds is 7. The normalized spacial score (nSPS) is 24.1. The van der Waals surface area contributed by atoms with Crippen LogP contribution in [0.2, 0.25) is 0 Å². The maximum absolute atomic E-state index is 13.9. The number of benzene rings is 1. The molecule has 164 valence electrons. The van der Waals surface area contributed by atoms with Gasteiger partial charge in [-0.05, 0) is 67.8 Å². The molecule has 0 unspecified atom stereocenters. The molecule has 3 rings (SSSR count). The van der Waals surface area contributed by atoms with Gasteiger partial charge in [0.2, 0.25) is 0 Å². The molecule has 2 fully saturated rings. The second kappa shape index (κ2) is 8.47. The van der Waals surface area contributed by atoms with E-state index in [-0.39, 0.29) is 12.2 Å². The van der Waals surface area contributed by atoms with Crippen molar-refractivity contribution in [3.05, 3.63) is 29.3 Å². The molecule has 0 bridgehead atoms. The molecule has 0 spiro atoms. The molecule has 1 saturated carbocycles. The molecule has 2 aliphatic rings. The van der Waals surface area contributed by atoms with E-state index < -0.39 is 39.1 Å². The van der Waals surface area contributed by atoms with Crippen molar-refractivity contribution in [1.29, 1.82) is 0 Å². The Morgan fingerprint density at radius 3 is 2.24 bits per heavy atom. The van der Waals surface area contributed by atoms with Crippen LogP contribution in [0.5, 0.6) is 0 Å². The summed E-state index contributed by atoms with van der Waals surface area (Å²) in [5, 5.41) is 0. The molecule has 0 N–H and O–H groups in total. The lowest BCUT2D eigenvalue weighted by atomic mass is 9.91. The Hall–Kier alpha value is -1.26. The van der Waals surface area contributed by atoms with E-state index in [9.17, 15) is 30.4 Å². The summed E-state index contributed by atoms with van der Waals surface area (Å²) in [4.78, 5) is 0.494. The summed E-state index contributed by atoms with van der Waals surface area (Å²) in [5.41, 5.74) is 0.213. The van der Waals surface area contributed by atoms with Crippen LogP contribution in [0.4, 0.5) is 22.0 Å². The monoisotopic (exact) mass is 441 g/mol. The van der Waals surface area contributed by atoms with Crippen LogP contribution in [0.15, 0.2) is 17.0 Å². The number of alkyl halides is 3. The Labute approximate surface area is 166 Å². The van der Waals surface area contributed by atoms with Crippen LogP contribution in [0.25, 0.3) is 0 Å². The first-order valence-corrected chi connectivity index (χ1v) is 11.4. The van der Waals surface area contributed by atoms with E-state index >= 15 is 0 Å². The molecule has 0 radical (unpaired) electrons. The summed E-state index contributed by atoms with van der Waals surface area (Å²) in [6, 6.07) is 1.92. The minimum atomic E-state index is -4.17. The zero-order chi connectivity index (χ0) is 21.4. The van der Waals surface area contributed by atoms with Crippen LogP contribution in [-0.4, -0.2) is 52.0 Å². The molecule has 1 saturated heterocycles. The van der Waals surface area contributed by atoms with Crippen molar-refractivity contribution in [1.82, 2.24) is 4.90 Å². The first kappa shape index (κ1) is 22.4. The van der Waals surface area contributed by atoms with Crippen LogP contribution in [0.1, 0.15) is 24.8 Å². The van der Waals surface area contributed by atoms with Gasteiger partial charge < -0.3 is 4.74 Å². The summed E-state index contributed by atoms with van der Waals surface area (Å²) < 4.78 is 93.5. The third-order valence-electron chi connectivity index (χ3n) is 5.65. The number of sulfone groups is 1. The molecular weight excluding hydrogens is 417 g/mol. The van der Waals surface area contributed by atoms with Gasteiger partial charge in [-0.25, -0.2) is 17.2 Å². The lowest BCUT2D eigenvalue weighted by Gasteiger charge is -2.32. The van der Waals surface area contributed by atoms with Gasteiger partial charge in [-0.15, -0.1) is 0 Å². The van der Waals surface area contributed by atoms with Crippen LogP contribution in [0, 0.1) is 29.4 Å². The number of hydrogen-bond acceptors (Lipinski definition) is 4. The van der Waals surface area contributed by atoms with Gasteiger partial charge in [0.25, 0.3) is 0 Å². The van der Waals surface area contributed by atoms with Crippen LogP contribution >= 0.6 is 0 Å². The van der Waals surface area contributed by atoms with Crippen LogP contribution in [-0.2, 0) is 21.2 Å². The molecule has 2 atom stereocenters.